The number of aryl methyl sites for hydroxylation is 4. The molecule has 0 amide bonds. The fourth-order valence-electron chi connectivity index (χ4n) is 3.39. The standard InChI is InChI=1S/C23H22BrN5O2/c1-14-6-5-7-20(29-23(30)28(4)26-27-29)18(14)13-31-21-11-9-17(12-15(21)2)22-19(24)10-8-16(3)25-22/h5-12H,13H2,1-4H3. The SMILES string of the molecule is Cc1ccc(Br)c(-c2ccc(OCc3c(C)cccc3-n3nnn(C)c3=O)c(C)c2)n1. The molecule has 4 rings (SSSR count). The maximum absolute atomic E-state index is 12.3. The Labute approximate surface area is 188 Å². The number of aromatic nitrogens is 5. The van der Waals surface area contributed by atoms with E-state index in [1.165, 1.54) is 9.36 Å². The van der Waals surface area contributed by atoms with Crippen molar-refractivity contribution in [3.8, 4) is 22.7 Å². The first kappa shape index (κ1) is 21.0. The van der Waals surface area contributed by atoms with Crippen molar-refractivity contribution in [1.82, 2.24) is 24.8 Å². The van der Waals surface area contributed by atoms with E-state index >= 15 is 0 Å². The zero-order chi connectivity index (χ0) is 22.1. The van der Waals surface area contributed by atoms with E-state index in [0.29, 0.717) is 12.3 Å². The molecule has 0 saturated carbocycles. The molecule has 4 aromatic rings. The zero-order valence-corrected chi connectivity index (χ0v) is 19.3. The van der Waals surface area contributed by atoms with Crippen LogP contribution in [0.5, 0.6) is 5.75 Å². The highest BCUT2D eigenvalue weighted by Gasteiger charge is 2.14. The van der Waals surface area contributed by atoms with Gasteiger partial charge >= 0.3 is 5.69 Å². The largest absolute Gasteiger partial charge is 0.489 e. The van der Waals surface area contributed by atoms with E-state index in [1.807, 2.05) is 63.2 Å². The summed E-state index contributed by atoms with van der Waals surface area (Å²) >= 11 is 3.58. The van der Waals surface area contributed by atoms with Gasteiger partial charge in [0, 0.05) is 28.3 Å². The molecule has 0 aliphatic heterocycles. The van der Waals surface area contributed by atoms with Crippen LogP contribution in [0, 0.1) is 20.8 Å². The Morgan fingerprint density at radius 1 is 1.00 bits per heavy atom. The fraction of sp³-hybridized carbons (Fsp3) is 0.217. The van der Waals surface area contributed by atoms with Crippen LogP contribution in [0.25, 0.3) is 16.9 Å². The topological polar surface area (TPSA) is 74.8 Å². The quantitative estimate of drug-likeness (QED) is 0.426. The van der Waals surface area contributed by atoms with E-state index in [9.17, 15) is 4.79 Å². The summed E-state index contributed by atoms with van der Waals surface area (Å²) in [6, 6.07) is 15.7. The average Bonchev–Trinajstić information content (AvgIpc) is 3.08. The Kier molecular flexibility index (Phi) is 5.73. The molecule has 0 saturated heterocycles. The van der Waals surface area contributed by atoms with Crippen LogP contribution in [0.2, 0.25) is 0 Å². The van der Waals surface area contributed by atoms with Crippen LogP contribution >= 0.6 is 15.9 Å². The van der Waals surface area contributed by atoms with Crippen molar-refractivity contribution in [3.63, 3.8) is 0 Å². The fourth-order valence-corrected chi connectivity index (χ4v) is 3.84. The second-order valence-corrected chi connectivity index (χ2v) is 8.28. The molecular formula is C23H22BrN5O2. The van der Waals surface area contributed by atoms with E-state index < -0.39 is 0 Å². The van der Waals surface area contributed by atoms with Gasteiger partial charge < -0.3 is 4.74 Å². The summed E-state index contributed by atoms with van der Waals surface area (Å²) in [6.07, 6.45) is 0. The summed E-state index contributed by atoms with van der Waals surface area (Å²) < 4.78 is 9.60. The van der Waals surface area contributed by atoms with Gasteiger partial charge in [0.05, 0.1) is 11.4 Å². The summed E-state index contributed by atoms with van der Waals surface area (Å²) in [5.74, 6) is 0.772. The van der Waals surface area contributed by atoms with Gasteiger partial charge in [-0.15, -0.1) is 0 Å². The molecule has 7 nitrogen and oxygen atoms in total. The lowest BCUT2D eigenvalue weighted by molar-refractivity contribution is 0.302. The van der Waals surface area contributed by atoms with E-state index in [1.54, 1.807) is 7.05 Å². The Morgan fingerprint density at radius 2 is 1.81 bits per heavy atom. The number of halogens is 1. The molecule has 0 N–H and O–H groups in total. The molecule has 8 heteroatoms. The van der Waals surface area contributed by atoms with E-state index in [0.717, 1.165) is 43.9 Å². The predicted molar refractivity (Wildman–Crippen MR) is 123 cm³/mol. The predicted octanol–water partition coefficient (Wildman–Crippen LogP) is 4.29. The van der Waals surface area contributed by atoms with Gasteiger partial charge in [0.15, 0.2) is 0 Å². The van der Waals surface area contributed by atoms with Crippen molar-refractivity contribution in [3.05, 3.63) is 85.9 Å². The molecular weight excluding hydrogens is 458 g/mol. The highest BCUT2D eigenvalue weighted by atomic mass is 79.9. The first-order valence-electron chi connectivity index (χ1n) is 9.80. The second kappa shape index (κ2) is 8.47. The minimum absolute atomic E-state index is 0.302. The number of nitrogens with zero attached hydrogens (tertiary/aromatic N) is 5. The van der Waals surface area contributed by atoms with Crippen LogP contribution in [0.3, 0.4) is 0 Å². The first-order chi connectivity index (χ1) is 14.8. The van der Waals surface area contributed by atoms with Crippen molar-refractivity contribution >= 4 is 15.9 Å². The average molecular weight is 480 g/mol. The van der Waals surface area contributed by atoms with E-state index in [4.69, 9.17) is 4.74 Å². The van der Waals surface area contributed by atoms with Crippen LogP contribution in [0.15, 0.2) is 57.8 Å². The molecule has 0 fully saturated rings. The van der Waals surface area contributed by atoms with Gasteiger partial charge in [-0.2, -0.15) is 9.36 Å². The summed E-state index contributed by atoms with van der Waals surface area (Å²) in [5, 5.41) is 7.78. The number of benzene rings is 2. The molecule has 0 spiro atoms. The molecule has 0 unspecified atom stereocenters. The van der Waals surface area contributed by atoms with Crippen LogP contribution in [-0.4, -0.2) is 24.8 Å². The van der Waals surface area contributed by atoms with Crippen molar-refractivity contribution in [2.45, 2.75) is 27.4 Å². The summed E-state index contributed by atoms with van der Waals surface area (Å²) in [7, 11) is 1.57. The summed E-state index contributed by atoms with van der Waals surface area (Å²) in [6.45, 7) is 6.27. The molecule has 0 bridgehead atoms. The van der Waals surface area contributed by atoms with Crippen molar-refractivity contribution in [2.24, 2.45) is 7.05 Å². The van der Waals surface area contributed by atoms with Gasteiger partial charge in [-0.3, -0.25) is 4.98 Å². The molecule has 2 aromatic carbocycles. The third-order valence-electron chi connectivity index (χ3n) is 5.14. The third-order valence-corrected chi connectivity index (χ3v) is 5.78. The van der Waals surface area contributed by atoms with Crippen LogP contribution in [-0.2, 0) is 13.7 Å². The number of rotatable bonds is 5. The molecule has 0 aliphatic rings. The Bertz CT molecular complexity index is 1330. The van der Waals surface area contributed by atoms with Gasteiger partial charge in [-0.25, -0.2) is 4.79 Å². The van der Waals surface area contributed by atoms with Crippen molar-refractivity contribution in [2.75, 3.05) is 0 Å². The summed E-state index contributed by atoms with van der Waals surface area (Å²) in [4.78, 5) is 17.0. The van der Waals surface area contributed by atoms with E-state index in [2.05, 4.69) is 37.4 Å². The maximum Gasteiger partial charge on any atom is 0.368 e. The molecule has 0 atom stereocenters. The molecule has 31 heavy (non-hydrogen) atoms. The molecule has 0 radical (unpaired) electrons. The second-order valence-electron chi connectivity index (χ2n) is 7.42. The van der Waals surface area contributed by atoms with E-state index in [-0.39, 0.29) is 5.69 Å². The number of pyridine rings is 1. The molecule has 2 aromatic heterocycles. The van der Waals surface area contributed by atoms with Crippen molar-refractivity contribution in [1.29, 1.82) is 0 Å². The number of hydrogen-bond acceptors (Lipinski definition) is 5. The smallest absolute Gasteiger partial charge is 0.368 e. The zero-order valence-electron chi connectivity index (χ0n) is 17.8. The maximum atomic E-state index is 12.3. The van der Waals surface area contributed by atoms with Crippen LogP contribution < -0.4 is 10.4 Å². The Balaban J connectivity index is 1.63. The monoisotopic (exact) mass is 479 g/mol. The molecule has 0 aliphatic carbocycles. The van der Waals surface area contributed by atoms with Crippen LogP contribution in [0.4, 0.5) is 0 Å². The third kappa shape index (κ3) is 4.16. The van der Waals surface area contributed by atoms with Gasteiger partial charge in [0.25, 0.3) is 0 Å². The lowest BCUT2D eigenvalue weighted by atomic mass is 10.1. The minimum Gasteiger partial charge on any atom is -0.489 e. The number of hydrogen-bond donors (Lipinski definition) is 0. The van der Waals surface area contributed by atoms with Gasteiger partial charge in [0.1, 0.15) is 12.4 Å². The Morgan fingerprint density at radius 3 is 2.52 bits per heavy atom. The summed E-state index contributed by atoms with van der Waals surface area (Å²) in [5.41, 5.74) is 6.14. The highest BCUT2D eigenvalue weighted by Crippen LogP contribution is 2.31. The van der Waals surface area contributed by atoms with Gasteiger partial charge in [0.2, 0.25) is 0 Å². The number of tetrazole rings is 1. The van der Waals surface area contributed by atoms with Gasteiger partial charge in [-0.1, -0.05) is 12.1 Å². The lowest BCUT2D eigenvalue weighted by Gasteiger charge is -2.15. The minimum atomic E-state index is -0.302. The lowest BCUT2D eigenvalue weighted by Crippen LogP contribution is -2.23. The van der Waals surface area contributed by atoms with Gasteiger partial charge in [-0.05, 0) is 94.7 Å². The van der Waals surface area contributed by atoms with Crippen molar-refractivity contribution < 1.29 is 4.74 Å². The molecule has 2 heterocycles. The normalized spacial score (nSPS) is 11.0. The Hall–Kier alpha value is -3.26. The van der Waals surface area contributed by atoms with Crippen LogP contribution in [0.1, 0.15) is 22.4 Å². The first-order valence-corrected chi connectivity index (χ1v) is 10.6. The highest BCUT2D eigenvalue weighted by molar-refractivity contribution is 9.10. The molecule has 158 valence electrons. The number of ether oxygens (including phenoxy) is 1.